The normalized spacial score (nSPS) is 19.6. The molecule has 2 aliphatic carbocycles. The molecule has 148 valence electrons. The van der Waals surface area contributed by atoms with Crippen LogP contribution in [0, 0.1) is 0 Å². The Morgan fingerprint density at radius 1 is 0.862 bits per heavy atom. The molecule has 5 rings (SSSR count). The van der Waals surface area contributed by atoms with Gasteiger partial charge in [-0.15, -0.1) is 0 Å². The maximum absolute atomic E-state index is 12.9. The minimum absolute atomic E-state index is 0.00234. The molecule has 3 aliphatic rings. The summed E-state index contributed by atoms with van der Waals surface area (Å²) in [6.07, 6.45) is 4.25. The molecular formula is C24H24N2O3. The van der Waals surface area contributed by atoms with Crippen LogP contribution in [-0.2, 0) is 11.2 Å². The lowest BCUT2D eigenvalue weighted by Gasteiger charge is -2.35. The maximum atomic E-state index is 12.9. The molecule has 2 aromatic carbocycles. The van der Waals surface area contributed by atoms with Crippen LogP contribution in [0.3, 0.4) is 0 Å². The van der Waals surface area contributed by atoms with E-state index in [-0.39, 0.29) is 11.8 Å². The fourth-order valence-corrected chi connectivity index (χ4v) is 4.21. The molecule has 0 bridgehead atoms. The van der Waals surface area contributed by atoms with E-state index in [1.54, 1.807) is 9.80 Å². The van der Waals surface area contributed by atoms with Gasteiger partial charge in [0.05, 0.1) is 0 Å². The molecule has 0 atom stereocenters. The van der Waals surface area contributed by atoms with E-state index in [0.717, 1.165) is 12.0 Å². The number of nitrogens with zero attached hydrogens (tertiary/aromatic N) is 2. The average Bonchev–Trinajstić information content (AvgIpc) is 3.37. The highest BCUT2D eigenvalue weighted by Gasteiger charge is 2.50. The molecule has 1 aliphatic heterocycles. The monoisotopic (exact) mass is 388 g/mol. The molecule has 0 radical (unpaired) electrons. The lowest BCUT2D eigenvalue weighted by Crippen LogP contribution is -2.53. The first-order valence-corrected chi connectivity index (χ1v) is 10.2. The molecule has 1 saturated carbocycles. The topological polar surface area (TPSA) is 60.9 Å². The van der Waals surface area contributed by atoms with Crippen LogP contribution < -0.4 is 0 Å². The maximum Gasteiger partial charge on any atom is 0.254 e. The Labute approximate surface area is 170 Å². The van der Waals surface area contributed by atoms with Gasteiger partial charge in [-0.3, -0.25) is 9.59 Å². The predicted molar refractivity (Wildman–Crippen MR) is 111 cm³/mol. The molecule has 29 heavy (non-hydrogen) atoms. The summed E-state index contributed by atoms with van der Waals surface area (Å²) in [4.78, 5) is 28.6. The highest BCUT2D eigenvalue weighted by molar-refractivity contribution is 5.96. The van der Waals surface area contributed by atoms with Gasteiger partial charge in [0.1, 0.15) is 5.60 Å². The van der Waals surface area contributed by atoms with Crippen molar-refractivity contribution in [1.29, 1.82) is 0 Å². The van der Waals surface area contributed by atoms with Crippen molar-refractivity contribution in [2.24, 2.45) is 0 Å². The summed E-state index contributed by atoms with van der Waals surface area (Å²) in [6.45, 7) is 1.97. The van der Waals surface area contributed by atoms with Crippen LogP contribution >= 0.6 is 0 Å². The SMILES string of the molecule is O=C(c1ccc(C2=Cc3ccccc3C2)cc1)N1CCN(C(=O)C2(O)CC2)CC1. The number of carbonyl (C=O) groups is 2. The molecule has 1 heterocycles. The van der Waals surface area contributed by atoms with Crippen molar-refractivity contribution >= 4 is 23.5 Å². The van der Waals surface area contributed by atoms with E-state index in [9.17, 15) is 14.7 Å². The summed E-state index contributed by atoms with van der Waals surface area (Å²) in [5, 5.41) is 10.00. The molecular weight excluding hydrogens is 364 g/mol. The smallest absolute Gasteiger partial charge is 0.254 e. The zero-order valence-electron chi connectivity index (χ0n) is 16.3. The van der Waals surface area contributed by atoms with Crippen molar-refractivity contribution in [3.05, 3.63) is 70.8 Å². The quantitative estimate of drug-likeness (QED) is 0.879. The Morgan fingerprint density at radius 3 is 2.17 bits per heavy atom. The number of carbonyl (C=O) groups excluding carboxylic acids is 2. The zero-order valence-corrected chi connectivity index (χ0v) is 16.3. The van der Waals surface area contributed by atoms with E-state index in [0.29, 0.717) is 44.6 Å². The van der Waals surface area contributed by atoms with Gasteiger partial charge in [-0.1, -0.05) is 42.5 Å². The Balaban J connectivity index is 1.22. The molecule has 5 nitrogen and oxygen atoms in total. The Morgan fingerprint density at radius 2 is 1.52 bits per heavy atom. The largest absolute Gasteiger partial charge is 0.380 e. The second-order valence-corrected chi connectivity index (χ2v) is 8.24. The van der Waals surface area contributed by atoms with Gasteiger partial charge < -0.3 is 14.9 Å². The van der Waals surface area contributed by atoms with Gasteiger partial charge in [0.2, 0.25) is 0 Å². The average molecular weight is 388 g/mol. The summed E-state index contributed by atoms with van der Waals surface area (Å²) < 4.78 is 0. The highest BCUT2D eigenvalue weighted by Crippen LogP contribution is 2.37. The third-order valence-corrected chi connectivity index (χ3v) is 6.24. The number of hydrogen-bond acceptors (Lipinski definition) is 3. The first-order valence-electron chi connectivity index (χ1n) is 10.2. The lowest BCUT2D eigenvalue weighted by atomic mass is 10.0. The van der Waals surface area contributed by atoms with E-state index >= 15 is 0 Å². The first kappa shape index (κ1) is 18.1. The number of allylic oxidation sites excluding steroid dienone is 1. The third-order valence-electron chi connectivity index (χ3n) is 6.24. The number of amides is 2. The van der Waals surface area contributed by atoms with Gasteiger partial charge >= 0.3 is 0 Å². The number of piperazine rings is 1. The van der Waals surface area contributed by atoms with Crippen molar-refractivity contribution in [3.63, 3.8) is 0 Å². The summed E-state index contributed by atoms with van der Waals surface area (Å²) in [6, 6.07) is 16.2. The van der Waals surface area contributed by atoms with Gasteiger partial charge in [0.15, 0.2) is 0 Å². The first-order chi connectivity index (χ1) is 14.0. The Bertz CT molecular complexity index is 997. The van der Waals surface area contributed by atoms with Crippen LogP contribution in [0.4, 0.5) is 0 Å². The van der Waals surface area contributed by atoms with Crippen LogP contribution in [0.1, 0.15) is 39.9 Å². The van der Waals surface area contributed by atoms with Crippen LogP contribution in [0.25, 0.3) is 11.6 Å². The van der Waals surface area contributed by atoms with Crippen LogP contribution in [0.2, 0.25) is 0 Å². The zero-order chi connectivity index (χ0) is 20.0. The lowest BCUT2D eigenvalue weighted by molar-refractivity contribution is -0.143. The van der Waals surface area contributed by atoms with Gasteiger partial charge in [-0.05, 0) is 53.7 Å². The molecule has 2 amide bonds. The van der Waals surface area contributed by atoms with Crippen molar-refractivity contribution in [1.82, 2.24) is 9.80 Å². The minimum atomic E-state index is -1.13. The molecule has 2 fully saturated rings. The molecule has 0 unspecified atom stereocenters. The number of benzene rings is 2. The van der Waals surface area contributed by atoms with Crippen molar-refractivity contribution in [3.8, 4) is 0 Å². The van der Waals surface area contributed by atoms with E-state index in [1.807, 2.05) is 24.3 Å². The van der Waals surface area contributed by atoms with Gasteiger partial charge in [0.25, 0.3) is 11.8 Å². The van der Waals surface area contributed by atoms with E-state index in [4.69, 9.17) is 0 Å². The summed E-state index contributed by atoms with van der Waals surface area (Å²) in [5.74, 6) is -0.183. The predicted octanol–water partition coefficient (Wildman–Crippen LogP) is 2.59. The number of fused-ring (bicyclic) bond motifs is 1. The molecule has 5 heteroatoms. The fourth-order valence-electron chi connectivity index (χ4n) is 4.21. The minimum Gasteiger partial charge on any atom is -0.380 e. The molecule has 2 aromatic rings. The number of rotatable bonds is 3. The molecule has 1 saturated heterocycles. The number of hydrogen-bond donors (Lipinski definition) is 1. The Hall–Kier alpha value is -2.92. The van der Waals surface area contributed by atoms with E-state index in [2.05, 4.69) is 30.3 Å². The van der Waals surface area contributed by atoms with Crippen LogP contribution in [0.5, 0.6) is 0 Å². The third kappa shape index (κ3) is 3.36. The molecule has 0 spiro atoms. The summed E-state index contributed by atoms with van der Waals surface area (Å²) >= 11 is 0. The van der Waals surface area contributed by atoms with Crippen molar-refractivity contribution in [2.45, 2.75) is 24.9 Å². The van der Waals surface area contributed by atoms with Crippen LogP contribution in [0.15, 0.2) is 48.5 Å². The highest BCUT2D eigenvalue weighted by atomic mass is 16.3. The van der Waals surface area contributed by atoms with E-state index in [1.165, 1.54) is 16.7 Å². The fraction of sp³-hybridized carbons (Fsp3) is 0.333. The standard InChI is InChI=1S/C24H24N2O3/c27-22(25-11-13-26(14-12-25)23(28)24(29)9-10-24)18-7-5-17(6-8-18)21-15-19-3-1-2-4-20(19)16-21/h1-8,15,29H,9-14,16H2. The number of aliphatic hydroxyl groups is 1. The molecule has 0 aromatic heterocycles. The Kier molecular flexibility index (Phi) is 4.28. The van der Waals surface area contributed by atoms with Gasteiger partial charge in [-0.2, -0.15) is 0 Å². The second kappa shape index (κ2) is 6.85. The van der Waals surface area contributed by atoms with Crippen LogP contribution in [-0.4, -0.2) is 58.5 Å². The van der Waals surface area contributed by atoms with Crippen molar-refractivity contribution < 1.29 is 14.7 Å². The summed E-state index contributed by atoms with van der Waals surface area (Å²) in [5.41, 5.74) is 4.57. The van der Waals surface area contributed by atoms with Gasteiger partial charge in [0, 0.05) is 31.7 Å². The van der Waals surface area contributed by atoms with Gasteiger partial charge in [-0.25, -0.2) is 0 Å². The van der Waals surface area contributed by atoms with Crippen molar-refractivity contribution in [2.75, 3.05) is 26.2 Å². The summed E-state index contributed by atoms with van der Waals surface area (Å²) in [7, 11) is 0. The molecule has 1 N–H and O–H groups in total. The second-order valence-electron chi connectivity index (χ2n) is 8.24. The van der Waals surface area contributed by atoms with E-state index < -0.39 is 5.60 Å².